The van der Waals surface area contributed by atoms with Crippen LogP contribution in [-0.4, -0.2) is 20.1 Å². The second-order valence-electron chi connectivity index (χ2n) is 4.42. The van der Waals surface area contributed by atoms with Gasteiger partial charge < -0.3 is 4.98 Å². The fourth-order valence-electron chi connectivity index (χ4n) is 1.99. The Kier molecular flexibility index (Phi) is 3.78. The number of hydrogen-bond donors (Lipinski definition) is 1. The molecule has 0 aliphatic carbocycles. The van der Waals surface area contributed by atoms with Crippen LogP contribution in [0.2, 0.25) is 0 Å². The molecule has 2 aromatic rings. The van der Waals surface area contributed by atoms with Crippen molar-refractivity contribution in [2.45, 2.75) is 0 Å². The van der Waals surface area contributed by atoms with E-state index >= 15 is 0 Å². The van der Waals surface area contributed by atoms with E-state index in [9.17, 15) is 14.9 Å². The number of amides is 1. The van der Waals surface area contributed by atoms with Gasteiger partial charge in [-0.2, -0.15) is 0 Å². The zero-order chi connectivity index (χ0) is 15.7. The summed E-state index contributed by atoms with van der Waals surface area (Å²) in [7, 11) is 0. The molecule has 1 aromatic heterocycles. The van der Waals surface area contributed by atoms with Crippen molar-refractivity contribution in [2.75, 3.05) is 4.90 Å². The minimum Gasteiger partial charge on any atom is -0.362 e. The quantitative estimate of drug-likeness (QED) is 0.404. The topological polar surface area (TPSA) is 79.2 Å². The molecule has 110 valence electrons. The van der Waals surface area contributed by atoms with Gasteiger partial charge in [-0.1, -0.05) is 24.0 Å². The molecule has 1 fully saturated rings. The number of aromatic nitrogens is 1. The smallest absolute Gasteiger partial charge is 0.270 e. The fourth-order valence-corrected chi connectivity index (χ4v) is 3.28. The van der Waals surface area contributed by atoms with E-state index in [4.69, 9.17) is 12.2 Å². The van der Waals surface area contributed by atoms with Crippen molar-refractivity contribution in [3.63, 3.8) is 0 Å². The lowest BCUT2D eigenvalue weighted by Gasteiger charge is -2.13. The van der Waals surface area contributed by atoms with Crippen LogP contribution < -0.4 is 4.90 Å². The number of carbonyl (C=O) groups is 1. The van der Waals surface area contributed by atoms with Crippen LogP contribution in [0.1, 0.15) is 5.69 Å². The number of aromatic amines is 1. The molecule has 2 heterocycles. The van der Waals surface area contributed by atoms with E-state index in [0.717, 1.165) is 5.69 Å². The summed E-state index contributed by atoms with van der Waals surface area (Å²) < 4.78 is 0.400. The molecule has 0 bridgehead atoms. The molecule has 1 saturated heterocycles. The molecule has 0 spiro atoms. The largest absolute Gasteiger partial charge is 0.362 e. The van der Waals surface area contributed by atoms with Crippen LogP contribution in [0.5, 0.6) is 0 Å². The van der Waals surface area contributed by atoms with Crippen LogP contribution >= 0.6 is 24.0 Å². The van der Waals surface area contributed by atoms with Crippen molar-refractivity contribution in [3.05, 3.63) is 63.3 Å². The van der Waals surface area contributed by atoms with E-state index in [2.05, 4.69) is 4.98 Å². The van der Waals surface area contributed by atoms with Gasteiger partial charge in [-0.15, -0.1) is 0 Å². The number of non-ortho nitro benzene ring substituents is 1. The molecule has 8 heteroatoms. The first-order valence-electron chi connectivity index (χ1n) is 6.22. The summed E-state index contributed by atoms with van der Waals surface area (Å²) in [5.41, 5.74) is 1.29. The van der Waals surface area contributed by atoms with E-state index in [1.807, 2.05) is 12.1 Å². The van der Waals surface area contributed by atoms with Gasteiger partial charge >= 0.3 is 0 Å². The molecule has 0 unspecified atom stereocenters. The number of anilines is 1. The molecule has 1 N–H and O–H groups in total. The molecule has 1 aliphatic heterocycles. The lowest BCUT2D eigenvalue weighted by molar-refractivity contribution is -0.384. The molecule has 1 amide bonds. The third-order valence-corrected chi connectivity index (χ3v) is 4.32. The maximum atomic E-state index is 12.5. The maximum Gasteiger partial charge on any atom is 0.270 e. The number of nitrogens with zero attached hydrogens (tertiary/aromatic N) is 2. The van der Waals surface area contributed by atoms with Gasteiger partial charge in [-0.25, -0.2) is 0 Å². The fraction of sp³-hybridized carbons (Fsp3) is 0. The van der Waals surface area contributed by atoms with Crippen LogP contribution in [0, 0.1) is 10.1 Å². The molecule has 1 aliphatic rings. The number of nitro groups is 1. The third kappa shape index (κ3) is 2.66. The average Bonchev–Trinajstić information content (AvgIpc) is 3.09. The summed E-state index contributed by atoms with van der Waals surface area (Å²) in [5, 5.41) is 10.7. The van der Waals surface area contributed by atoms with Crippen molar-refractivity contribution in [1.82, 2.24) is 4.98 Å². The summed E-state index contributed by atoms with van der Waals surface area (Å²) in [5.74, 6) is -0.238. The van der Waals surface area contributed by atoms with Crippen LogP contribution in [-0.2, 0) is 4.79 Å². The summed E-state index contributed by atoms with van der Waals surface area (Å²) in [6.07, 6.45) is 3.49. The van der Waals surface area contributed by atoms with Gasteiger partial charge in [0, 0.05) is 24.0 Å². The Hall–Kier alpha value is -2.45. The average molecular weight is 331 g/mol. The molecule has 3 rings (SSSR count). The lowest BCUT2D eigenvalue weighted by atomic mass is 10.2. The second-order valence-corrected chi connectivity index (χ2v) is 6.09. The van der Waals surface area contributed by atoms with Crippen molar-refractivity contribution in [2.24, 2.45) is 0 Å². The molecule has 6 nitrogen and oxygen atoms in total. The highest BCUT2D eigenvalue weighted by Crippen LogP contribution is 2.36. The van der Waals surface area contributed by atoms with Gasteiger partial charge in [0.2, 0.25) is 0 Å². The first kappa shape index (κ1) is 14.5. The molecule has 0 radical (unpaired) electrons. The lowest BCUT2D eigenvalue weighted by Crippen LogP contribution is -2.27. The van der Waals surface area contributed by atoms with E-state index in [-0.39, 0.29) is 11.6 Å². The Bertz CT molecular complexity index is 782. The Labute approximate surface area is 135 Å². The van der Waals surface area contributed by atoms with E-state index < -0.39 is 4.92 Å². The van der Waals surface area contributed by atoms with E-state index in [1.54, 1.807) is 12.3 Å². The maximum absolute atomic E-state index is 12.5. The summed E-state index contributed by atoms with van der Waals surface area (Å²) in [4.78, 5) is 27.5. The van der Waals surface area contributed by atoms with Crippen LogP contribution in [0.25, 0.3) is 6.08 Å². The number of H-pyrrole nitrogens is 1. The summed E-state index contributed by atoms with van der Waals surface area (Å²) in [6, 6.07) is 9.41. The summed E-state index contributed by atoms with van der Waals surface area (Å²) >= 11 is 6.44. The number of hydrogen-bond acceptors (Lipinski definition) is 5. The predicted octanol–water partition coefficient (Wildman–Crippen LogP) is 3.33. The van der Waals surface area contributed by atoms with Gasteiger partial charge in [0.1, 0.15) is 0 Å². The number of rotatable bonds is 3. The monoisotopic (exact) mass is 331 g/mol. The molecule has 1 aromatic carbocycles. The normalized spacial score (nSPS) is 16.5. The number of nitro benzene ring substituents is 1. The first-order valence-corrected chi connectivity index (χ1v) is 7.44. The third-order valence-electron chi connectivity index (χ3n) is 3.02. The molecule has 0 saturated carbocycles. The predicted molar refractivity (Wildman–Crippen MR) is 89.5 cm³/mol. The van der Waals surface area contributed by atoms with Gasteiger partial charge in [0.15, 0.2) is 4.32 Å². The Balaban J connectivity index is 1.90. The van der Waals surface area contributed by atoms with E-state index in [0.29, 0.717) is 14.9 Å². The van der Waals surface area contributed by atoms with Crippen molar-refractivity contribution in [3.8, 4) is 0 Å². The standard InChI is InChI=1S/C14H9N3O3S2/c18-13-12(8-9-2-1-7-15-9)22-14(21)16(13)10-3-5-11(6-4-10)17(19)20/h1-8,15H. The highest BCUT2D eigenvalue weighted by Gasteiger charge is 2.33. The number of thiocarbonyl (C=S) groups is 1. The van der Waals surface area contributed by atoms with Crippen molar-refractivity contribution >= 4 is 51.7 Å². The van der Waals surface area contributed by atoms with Crippen LogP contribution in [0.4, 0.5) is 11.4 Å². The molecular formula is C14H9N3O3S2. The SMILES string of the molecule is O=C1C(=Cc2ccc[nH]2)SC(=S)N1c1ccc([N+](=O)[O-])cc1. The minimum absolute atomic E-state index is 0.0314. The summed E-state index contributed by atoms with van der Waals surface area (Å²) in [6.45, 7) is 0. The van der Waals surface area contributed by atoms with Crippen LogP contribution in [0.3, 0.4) is 0 Å². The Morgan fingerprint density at radius 3 is 2.59 bits per heavy atom. The van der Waals surface area contributed by atoms with Crippen molar-refractivity contribution < 1.29 is 9.72 Å². The highest BCUT2D eigenvalue weighted by atomic mass is 32.2. The van der Waals surface area contributed by atoms with Gasteiger partial charge in [0.05, 0.1) is 15.5 Å². The molecular weight excluding hydrogens is 322 g/mol. The second kappa shape index (κ2) is 5.74. The Morgan fingerprint density at radius 1 is 1.27 bits per heavy atom. The highest BCUT2D eigenvalue weighted by molar-refractivity contribution is 8.27. The van der Waals surface area contributed by atoms with Gasteiger partial charge in [0.25, 0.3) is 11.6 Å². The van der Waals surface area contributed by atoms with Gasteiger partial charge in [-0.3, -0.25) is 19.8 Å². The zero-order valence-electron chi connectivity index (χ0n) is 11.1. The first-order chi connectivity index (χ1) is 10.6. The number of thioether (sulfide) groups is 1. The number of benzene rings is 1. The van der Waals surface area contributed by atoms with Crippen LogP contribution in [0.15, 0.2) is 47.5 Å². The molecule has 0 atom stereocenters. The number of carbonyl (C=O) groups excluding carboxylic acids is 1. The van der Waals surface area contributed by atoms with Crippen molar-refractivity contribution in [1.29, 1.82) is 0 Å². The van der Waals surface area contributed by atoms with Gasteiger partial charge in [-0.05, 0) is 30.3 Å². The zero-order valence-corrected chi connectivity index (χ0v) is 12.7. The minimum atomic E-state index is -0.487. The van der Waals surface area contributed by atoms with E-state index in [1.165, 1.54) is 40.9 Å². The number of nitrogens with one attached hydrogen (secondary N) is 1. The molecule has 22 heavy (non-hydrogen) atoms. The Morgan fingerprint density at radius 2 is 2.00 bits per heavy atom.